The van der Waals surface area contributed by atoms with Crippen LogP contribution in [0.5, 0.6) is 0 Å². The van der Waals surface area contributed by atoms with Crippen LogP contribution in [0.25, 0.3) is 0 Å². The lowest BCUT2D eigenvalue weighted by Crippen LogP contribution is -2.24. The van der Waals surface area contributed by atoms with Crippen molar-refractivity contribution < 1.29 is 27.9 Å². The highest BCUT2D eigenvalue weighted by Gasteiger charge is 2.23. The average molecular weight is 419 g/mol. The van der Waals surface area contributed by atoms with Gasteiger partial charge >= 0.3 is 0 Å². The molecule has 2 rings (SSSR count). The molecule has 0 heterocycles. The summed E-state index contributed by atoms with van der Waals surface area (Å²) in [7, 11) is 1.30. The maximum absolute atomic E-state index is 14.8. The number of hydrogen-bond donors (Lipinski definition) is 3. The van der Waals surface area contributed by atoms with Crippen molar-refractivity contribution in [3.8, 4) is 12.3 Å². The summed E-state index contributed by atoms with van der Waals surface area (Å²) >= 11 is 0. The summed E-state index contributed by atoms with van der Waals surface area (Å²) < 4.78 is 43.5. The van der Waals surface area contributed by atoms with Gasteiger partial charge in [0.05, 0.1) is 28.8 Å². The number of anilines is 2. The number of rotatable bonds is 7. The average Bonchev–Trinajstić information content (AvgIpc) is 2.69. The van der Waals surface area contributed by atoms with Crippen LogP contribution >= 0.6 is 0 Å². The van der Waals surface area contributed by atoms with E-state index in [1.165, 1.54) is 33.0 Å². The molecule has 0 atom stereocenters. The number of hydrogen-bond acceptors (Lipinski definition) is 5. The van der Waals surface area contributed by atoms with Crippen LogP contribution in [-0.4, -0.2) is 36.5 Å². The van der Waals surface area contributed by atoms with Crippen LogP contribution in [0.15, 0.2) is 29.4 Å². The molecule has 0 aromatic heterocycles. The molecular weight excluding hydrogens is 399 g/mol. The Hall–Kier alpha value is -3.51. The van der Waals surface area contributed by atoms with Crippen molar-refractivity contribution in [1.82, 2.24) is 5.32 Å². The minimum absolute atomic E-state index is 0.192. The summed E-state index contributed by atoms with van der Waals surface area (Å²) in [5.41, 5.74) is -2.35. The Morgan fingerprint density at radius 1 is 1.30 bits per heavy atom. The third-order valence-electron chi connectivity index (χ3n) is 3.79. The molecule has 3 N–H and O–H groups in total. The van der Waals surface area contributed by atoms with Crippen LogP contribution in [0.4, 0.5) is 24.5 Å². The molecule has 30 heavy (non-hydrogen) atoms. The fourth-order valence-electron chi connectivity index (χ4n) is 2.31. The number of oxime groups is 1. The Bertz CT molecular complexity index is 1020. The molecule has 2 aromatic rings. The first-order chi connectivity index (χ1) is 14.1. The molecule has 158 valence electrons. The van der Waals surface area contributed by atoms with Crippen LogP contribution in [0, 0.1) is 29.8 Å². The molecule has 2 aromatic carbocycles. The maximum atomic E-state index is 14.8. The predicted molar refractivity (Wildman–Crippen MR) is 107 cm³/mol. The zero-order chi connectivity index (χ0) is 22.5. The van der Waals surface area contributed by atoms with Gasteiger partial charge in [0.1, 0.15) is 12.4 Å². The van der Waals surface area contributed by atoms with Crippen LogP contribution in [-0.2, 0) is 4.84 Å². The molecule has 0 aliphatic rings. The summed E-state index contributed by atoms with van der Waals surface area (Å²) in [5.74, 6) is -2.05. The molecule has 6 nitrogen and oxygen atoms in total. The second-order valence-corrected chi connectivity index (χ2v) is 6.88. The Balaban J connectivity index is 2.46. The van der Waals surface area contributed by atoms with Crippen molar-refractivity contribution in [3.05, 3.63) is 58.4 Å². The number of aliphatic hydroxyl groups is 1. The van der Waals surface area contributed by atoms with Crippen LogP contribution in [0.1, 0.15) is 35.3 Å². The molecule has 0 unspecified atom stereocenters. The van der Waals surface area contributed by atoms with Crippen molar-refractivity contribution in [2.45, 2.75) is 19.4 Å². The van der Waals surface area contributed by atoms with Gasteiger partial charge < -0.3 is 20.6 Å². The van der Waals surface area contributed by atoms with E-state index in [0.717, 1.165) is 18.3 Å². The molecule has 0 saturated heterocycles. The highest BCUT2D eigenvalue weighted by atomic mass is 19.2. The Kier molecular flexibility index (Phi) is 7.08. The van der Waals surface area contributed by atoms with Crippen LogP contribution in [0.3, 0.4) is 0 Å². The SMILES string of the molecule is C#Cc1ccc(Nc2c(C(=O)NC)cc(/C=N/OCC(C)(C)O)c(F)c2F)c(F)c1. The van der Waals surface area contributed by atoms with Crippen molar-refractivity contribution in [1.29, 1.82) is 0 Å². The summed E-state index contributed by atoms with van der Waals surface area (Å²) in [4.78, 5) is 17.1. The minimum Gasteiger partial charge on any atom is -0.393 e. The number of halogens is 3. The van der Waals surface area contributed by atoms with E-state index in [-0.39, 0.29) is 29.0 Å². The van der Waals surface area contributed by atoms with Crippen molar-refractivity contribution in [3.63, 3.8) is 0 Å². The number of terminal acetylenes is 1. The van der Waals surface area contributed by atoms with E-state index >= 15 is 0 Å². The molecule has 0 aliphatic heterocycles. The predicted octanol–water partition coefficient (Wildman–Crippen LogP) is 3.31. The second kappa shape index (κ2) is 9.33. The molecule has 9 heteroatoms. The van der Waals surface area contributed by atoms with Gasteiger partial charge in [0.15, 0.2) is 11.6 Å². The molecule has 0 spiro atoms. The first-order valence-electron chi connectivity index (χ1n) is 8.72. The zero-order valence-corrected chi connectivity index (χ0v) is 16.5. The lowest BCUT2D eigenvalue weighted by molar-refractivity contribution is -0.0185. The third-order valence-corrected chi connectivity index (χ3v) is 3.79. The fraction of sp³-hybridized carbons (Fsp3) is 0.238. The summed E-state index contributed by atoms with van der Waals surface area (Å²) in [6, 6.07) is 4.72. The van der Waals surface area contributed by atoms with E-state index in [4.69, 9.17) is 11.3 Å². The second-order valence-electron chi connectivity index (χ2n) is 6.88. The highest BCUT2D eigenvalue weighted by Crippen LogP contribution is 2.30. The largest absolute Gasteiger partial charge is 0.393 e. The Morgan fingerprint density at radius 2 is 2.00 bits per heavy atom. The van der Waals surface area contributed by atoms with E-state index in [2.05, 4.69) is 21.7 Å². The van der Waals surface area contributed by atoms with Crippen LogP contribution in [0.2, 0.25) is 0 Å². The summed E-state index contributed by atoms with van der Waals surface area (Å²) in [6.45, 7) is 2.76. The lowest BCUT2D eigenvalue weighted by Gasteiger charge is -2.15. The van der Waals surface area contributed by atoms with E-state index in [9.17, 15) is 23.1 Å². The quantitative estimate of drug-likeness (QED) is 0.365. The van der Waals surface area contributed by atoms with Gasteiger partial charge in [0, 0.05) is 18.2 Å². The molecule has 0 radical (unpaired) electrons. The molecule has 0 fully saturated rings. The monoisotopic (exact) mass is 419 g/mol. The van der Waals surface area contributed by atoms with E-state index in [0.29, 0.717) is 0 Å². The number of nitrogens with one attached hydrogen (secondary N) is 2. The van der Waals surface area contributed by atoms with Gasteiger partial charge in [-0.25, -0.2) is 13.2 Å². The number of amides is 1. The smallest absolute Gasteiger partial charge is 0.253 e. The van der Waals surface area contributed by atoms with Gasteiger partial charge in [-0.05, 0) is 38.1 Å². The molecule has 0 saturated carbocycles. The minimum atomic E-state index is -1.42. The summed E-state index contributed by atoms with van der Waals surface area (Å²) in [6.07, 6.45) is 6.07. The van der Waals surface area contributed by atoms with Gasteiger partial charge in [-0.15, -0.1) is 6.42 Å². The first-order valence-corrected chi connectivity index (χ1v) is 8.72. The van der Waals surface area contributed by atoms with Gasteiger partial charge in [0.2, 0.25) is 0 Å². The van der Waals surface area contributed by atoms with Gasteiger partial charge in [0.25, 0.3) is 5.91 Å². The normalized spacial score (nSPS) is 11.3. The van der Waals surface area contributed by atoms with Crippen molar-refractivity contribution in [2.24, 2.45) is 5.16 Å². The summed E-state index contributed by atoms with van der Waals surface area (Å²) in [5, 5.41) is 17.7. The molecule has 0 aliphatic carbocycles. The van der Waals surface area contributed by atoms with Crippen molar-refractivity contribution in [2.75, 3.05) is 19.0 Å². The topological polar surface area (TPSA) is 83.0 Å². The van der Waals surface area contributed by atoms with E-state index in [1.54, 1.807) is 0 Å². The zero-order valence-electron chi connectivity index (χ0n) is 16.5. The molecule has 0 bridgehead atoms. The maximum Gasteiger partial charge on any atom is 0.253 e. The molecular formula is C21H20F3N3O3. The third kappa shape index (κ3) is 5.52. The first kappa shape index (κ1) is 22.8. The number of benzene rings is 2. The van der Waals surface area contributed by atoms with Gasteiger partial charge in [-0.2, -0.15) is 0 Å². The Morgan fingerprint density at radius 3 is 2.57 bits per heavy atom. The van der Waals surface area contributed by atoms with Gasteiger partial charge in [-0.3, -0.25) is 4.79 Å². The Labute approximate surface area is 171 Å². The lowest BCUT2D eigenvalue weighted by atomic mass is 10.1. The number of carbonyl (C=O) groups is 1. The molecule has 1 amide bonds. The van der Waals surface area contributed by atoms with Crippen molar-refractivity contribution >= 4 is 23.5 Å². The van der Waals surface area contributed by atoms with Gasteiger partial charge in [-0.1, -0.05) is 11.1 Å². The number of carbonyl (C=O) groups excluding carboxylic acids is 1. The van der Waals surface area contributed by atoms with E-state index < -0.39 is 34.6 Å². The fourth-order valence-corrected chi connectivity index (χ4v) is 2.31. The highest BCUT2D eigenvalue weighted by molar-refractivity contribution is 6.02. The standard InChI is InChI=1S/C21H20F3N3O3/c1-5-12-6-7-16(15(22)8-12)27-19-14(20(28)25-4)9-13(17(23)18(19)24)10-26-30-11-21(2,3)29/h1,6-10,27,29H,11H2,2-4H3,(H,25,28)/b26-10+. The number of nitrogens with zero attached hydrogens (tertiary/aromatic N) is 1. The van der Waals surface area contributed by atoms with E-state index in [1.807, 2.05) is 0 Å². The van der Waals surface area contributed by atoms with Crippen LogP contribution < -0.4 is 10.6 Å².